The van der Waals surface area contributed by atoms with Crippen molar-refractivity contribution in [2.45, 2.75) is 25.4 Å². The summed E-state index contributed by atoms with van der Waals surface area (Å²) in [6.45, 7) is 2.05. The first-order chi connectivity index (χ1) is 11.1. The fraction of sp³-hybridized carbons (Fsp3) is 0.211. The van der Waals surface area contributed by atoms with Crippen molar-refractivity contribution >= 4 is 16.9 Å². The number of aliphatic carboxylic acids is 1. The van der Waals surface area contributed by atoms with Crippen molar-refractivity contribution in [2.24, 2.45) is 0 Å². The van der Waals surface area contributed by atoms with Crippen LogP contribution in [0.1, 0.15) is 28.4 Å². The smallest absolute Gasteiger partial charge is 0.153 e. The molecule has 1 aromatic heterocycles. The zero-order valence-corrected chi connectivity index (χ0v) is 12.9. The molecule has 116 valence electrons. The molecule has 0 aliphatic carbocycles. The molecule has 2 heterocycles. The molecule has 2 unspecified atom stereocenters. The van der Waals surface area contributed by atoms with Gasteiger partial charge in [-0.25, -0.2) is 0 Å². The number of para-hydroxylation sites is 1. The maximum Gasteiger partial charge on any atom is 0.153 e. The van der Waals surface area contributed by atoms with E-state index in [1.165, 1.54) is 5.56 Å². The number of hydrogen-bond acceptors (Lipinski definition) is 2. The van der Waals surface area contributed by atoms with Crippen molar-refractivity contribution in [2.75, 3.05) is 0 Å². The Morgan fingerprint density at radius 1 is 1.17 bits per heavy atom. The summed E-state index contributed by atoms with van der Waals surface area (Å²) in [7, 11) is 0. The van der Waals surface area contributed by atoms with Gasteiger partial charge in [-0.2, -0.15) is 0 Å². The fourth-order valence-corrected chi connectivity index (χ4v) is 3.54. The largest absolute Gasteiger partial charge is 0.544 e. The summed E-state index contributed by atoms with van der Waals surface area (Å²) in [5.41, 5.74) is 5.56. The number of hydrogen-bond donors (Lipinski definition) is 2. The molecule has 0 spiro atoms. The van der Waals surface area contributed by atoms with Gasteiger partial charge in [0.25, 0.3) is 0 Å². The van der Waals surface area contributed by atoms with Crippen LogP contribution in [-0.2, 0) is 11.2 Å². The Morgan fingerprint density at radius 3 is 2.65 bits per heavy atom. The minimum absolute atomic E-state index is 0.0466. The molecule has 0 fully saturated rings. The van der Waals surface area contributed by atoms with E-state index in [4.69, 9.17) is 0 Å². The van der Waals surface area contributed by atoms with Gasteiger partial charge in [-0.05, 0) is 18.6 Å². The number of carboxylic acids is 1. The fourth-order valence-electron chi connectivity index (χ4n) is 3.54. The van der Waals surface area contributed by atoms with Gasteiger partial charge in [-0.3, -0.25) is 0 Å². The van der Waals surface area contributed by atoms with Crippen LogP contribution >= 0.6 is 0 Å². The predicted octanol–water partition coefficient (Wildman–Crippen LogP) is 0.804. The average Bonchev–Trinajstić information content (AvgIpc) is 2.93. The molecule has 1 aliphatic rings. The van der Waals surface area contributed by atoms with Crippen molar-refractivity contribution in [3.8, 4) is 0 Å². The number of benzene rings is 2. The van der Waals surface area contributed by atoms with Gasteiger partial charge in [0.15, 0.2) is 6.04 Å². The van der Waals surface area contributed by atoms with Gasteiger partial charge in [-0.1, -0.05) is 48.0 Å². The number of quaternary nitrogens is 1. The van der Waals surface area contributed by atoms with Crippen LogP contribution in [0.4, 0.5) is 0 Å². The first-order valence-corrected chi connectivity index (χ1v) is 7.85. The number of carbonyl (C=O) groups excluding carboxylic acids is 1. The molecule has 3 N–H and O–H groups in total. The number of aromatic amines is 1. The van der Waals surface area contributed by atoms with E-state index in [1.54, 1.807) is 0 Å². The first kappa shape index (κ1) is 14.0. The molecule has 0 saturated carbocycles. The summed E-state index contributed by atoms with van der Waals surface area (Å²) in [5, 5.41) is 14.5. The summed E-state index contributed by atoms with van der Waals surface area (Å²) in [5.74, 6) is -1.00. The zero-order valence-electron chi connectivity index (χ0n) is 12.9. The highest BCUT2D eigenvalue weighted by Gasteiger charge is 2.34. The molecule has 1 aliphatic heterocycles. The Kier molecular flexibility index (Phi) is 3.20. The van der Waals surface area contributed by atoms with Gasteiger partial charge in [0.1, 0.15) is 6.04 Å². The second-order valence-electron chi connectivity index (χ2n) is 6.27. The number of rotatable bonds is 2. The number of nitrogens with one attached hydrogen (secondary N) is 1. The molecule has 0 saturated heterocycles. The van der Waals surface area contributed by atoms with Crippen LogP contribution in [-0.4, -0.2) is 17.0 Å². The monoisotopic (exact) mass is 306 g/mol. The molecule has 4 heteroatoms. The molecule has 4 nitrogen and oxygen atoms in total. The topological polar surface area (TPSA) is 72.5 Å². The highest BCUT2D eigenvalue weighted by molar-refractivity contribution is 5.86. The van der Waals surface area contributed by atoms with Crippen LogP contribution in [0, 0.1) is 6.92 Å². The molecule has 2 atom stereocenters. The van der Waals surface area contributed by atoms with E-state index in [1.807, 2.05) is 30.4 Å². The maximum absolute atomic E-state index is 11.5. The molecular formula is C19H18N2O2. The number of carboxylic acid groups (broad SMARTS) is 1. The Labute approximate surface area is 134 Å². The van der Waals surface area contributed by atoms with Crippen LogP contribution in [0.2, 0.25) is 0 Å². The number of aromatic nitrogens is 1. The van der Waals surface area contributed by atoms with E-state index < -0.39 is 12.0 Å². The van der Waals surface area contributed by atoms with Gasteiger partial charge in [-0.15, -0.1) is 0 Å². The lowest BCUT2D eigenvalue weighted by Crippen LogP contribution is -2.95. The second kappa shape index (κ2) is 5.25. The second-order valence-corrected chi connectivity index (χ2v) is 6.27. The van der Waals surface area contributed by atoms with Crippen molar-refractivity contribution < 1.29 is 15.2 Å². The molecular weight excluding hydrogens is 288 g/mol. The van der Waals surface area contributed by atoms with Gasteiger partial charge in [0, 0.05) is 22.9 Å². The minimum Gasteiger partial charge on any atom is -0.544 e. The average molecular weight is 306 g/mol. The van der Waals surface area contributed by atoms with Crippen LogP contribution in [0.3, 0.4) is 0 Å². The molecule has 2 aromatic carbocycles. The third kappa shape index (κ3) is 2.32. The Balaban J connectivity index is 1.89. The highest BCUT2D eigenvalue weighted by Crippen LogP contribution is 2.31. The minimum atomic E-state index is -1.00. The van der Waals surface area contributed by atoms with Crippen molar-refractivity contribution in [3.63, 3.8) is 0 Å². The summed E-state index contributed by atoms with van der Waals surface area (Å²) in [6, 6.07) is 15.7. The van der Waals surface area contributed by atoms with Crippen LogP contribution in [0.25, 0.3) is 10.9 Å². The lowest BCUT2D eigenvalue weighted by molar-refractivity contribution is -0.717. The number of H-pyrrole nitrogens is 1. The number of nitrogens with two attached hydrogens (primary N) is 1. The van der Waals surface area contributed by atoms with E-state index in [9.17, 15) is 9.90 Å². The molecule has 0 bridgehead atoms. The third-order valence-corrected chi connectivity index (χ3v) is 4.75. The highest BCUT2D eigenvalue weighted by atomic mass is 16.4. The molecule has 0 amide bonds. The van der Waals surface area contributed by atoms with E-state index in [-0.39, 0.29) is 6.04 Å². The van der Waals surface area contributed by atoms with Crippen LogP contribution in [0.5, 0.6) is 0 Å². The van der Waals surface area contributed by atoms with Gasteiger partial charge >= 0.3 is 0 Å². The lowest BCUT2D eigenvalue weighted by atomic mass is 9.90. The predicted molar refractivity (Wildman–Crippen MR) is 85.7 cm³/mol. The molecule has 3 aromatic rings. The van der Waals surface area contributed by atoms with Gasteiger partial charge in [0.05, 0.1) is 11.7 Å². The Bertz CT molecular complexity index is 880. The van der Waals surface area contributed by atoms with Crippen molar-refractivity contribution in [3.05, 3.63) is 70.9 Å². The first-order valence-electron chi connectivity index (χ1n) is 7.85. The summed E-state index contributed by atoms with van der Waals surface area (Å²) in [4.78, 5) is 15.0. The van der Waals surface area contributed by atoms with Crippen LogP contribution in [0.15, 0.2) is 48.5 Å². The SMILES string of the molecule is Cc1ccc(C2[NH2+]C(C(=O)[O-])Cc3c2[nH]c2ccccc32)cc1. The van der Waals surface area contributed by atoms with E-state index in [2.05, 4.69) is 35.3 Å². The normalized spacial score (nSPS) is 20.4. The molecule has 0 radical (unpaired) electrons. The summed E-state index contributed by atoms with van der Waals surface area (Å²) < 4.78 is 0. The summed E-state index contributed by atoms with van der Waals surface area (Å²) >= 11 is 0. The maximum atomic E-state index is 11.5. The number of carbonyl (C=O) groups is 1. The quantitative estimate of drug-likeness (QED) is 0.735. The van der Waals surface area contributed by atoms with E-state index >= 15 is 0 Å². The Hall–Kier alpha value is -2.59. The lowest BCUT2D eigenvalue weighted by Gasteiger charge is -2.29. The molecule has 4 rings (SSSR count). The third-order valence-electron chi connectivity index (χ3n) is 4.75. The van der Waals surface area contributed by atoms with Crippen molar-refractivity contribution in [1.29, 1.82) is 0 Å². The van der Waals surface area contributed by atoms with E-state index in [0.717, 1.165) is 27.7 Å². The van der Waals surface area contributed by atoms with Gasteiger partial charge < -0.3 is 20.2 Å². The number of aryl methyl sites for hydroxylation is 1. The molecule has 23 heavy (non-hydrogen) atoms. The number of fused-ring (bicyclic) bond motifs is 3. The van der Waals surface area contributed by atoms with E-state index in [0.29, 0.717) is 6.42 Å². The standard InChI is InChI=1S/C19H18N2O2/c1-11-6-8-12(9-7-11)17-18-14(10-16(21-17)19(22)23)13-4-2-3-5-15(13)20-18/h2-9,16-17,20-21H,10H2,1H3,(H,22,23). The Morgan fingerprint density at radius 2 is 1.91 bits per heavy atom. The van der Waals surface area contributed by atoms with Gasteiger partial charge in [0.2, 0.25) is 0 Å². The zero-order chi connectivity index (χ0) is 16.0. The van der Waals surface area contributed by atoms with Crippen molar-refractivity contribution in [1.82, 2.24) is 4.98 Å². The van der Waals surface area contributed by atoms with Crippen LogP contribution < -0.4 is 10.4 Å². The summed E-state index contributed by atoms with van der Waals surface area (Å²) in [6.07, 6.45) is 0.490.